The van der Waals surface area contributed by atoms with Crippen molar-refractivity contribution in [3.8, 4) is 0 Å². The maximum Gasteiger partial charge on any atom is 0.224 e. The van der Waals surface area contributed by atoms with Crippen LogP contribution in [0.4, 0.5) is 0 Å². The van der Waals surface area contributed by atoms with E-state index in [9.17, 15) is 4.79 Å². The second-order valence-corrected chi connectivity index (χ2v) is 7.36. The molecule has 1 saturated carbocycles. The standard InChI is InChI=1S/C14H19N5OS/c1-14(2,3)10-6-21-11(18-10)5-15-13(20)9-4-8(9)12-16-7-17-19-12/h6-9H,4-5H2,1-3H3,(H,15,20)(H,16,17,19). The smallest absolute Gasteiger partial charge is 0.224 e. The fraction of sp³-hybridized carbons (Fsp3) is 0.571. The maximum atomic E-state index is 12.1. The molecular formula is C14H19N5OS. The number of rotatable bonds is 4. The first-order valence-electron chi connectivity index (χ1n) is 7.03. The molecule has 2 unspecified atom stereocenters. The van der Waals surface area contributed by atoms with Gasteiger partial charge in [0.25, 0.3) is 0 Å². The summed E-state index contributed by atoms with van der Waals surface area (Å²) < 4.78 is 0. The number of aromatic nitrogens is 4. The van der Waals surface area contributed by atoms with E-state index in [4.69, 9.17) is 0 Å². The molecule has 112 valence electrons. The topological polar surface area (TPSA) is 83.6 Å². The fourth-order valence-electron chi connectivity index (χ4n) is 2.21. The molecule has 2 atom stereocenters. The highest BCUT2D eigenvalue weighted by atomic mass is 32.1. The second-order valence-electron chi connectivity index (χ2n) is 6.41. The average Bonchev–Trinajstić information content (AvgIpc) is 2.88. The number of carbonyl (C=O) groups is 1. The number of hydrogen-bond acceptors (Lipinski definition) is 5. The molecule has 1 amide bonds. The van der Waals surface area contributed by atoms with E-state index in [1.54, 1.807) is 11.3 Å². The van der Waals surface area contributed by atoms with E-state index in [1.807, 2.05) is 0 Å². The predicted molar refractivity (Wildman–Crippen MR) is 79.9 cm³/mol. The Labute approximate surface area is 127 Å². The largest absolute Gasteiger partial charge is 0.349 e. The molecule has 0 saturated heterocycles. The van der Waals surface area contributed by atoms with Crippen LogP contribution in [0.15, 0.2) is 11.7 Å². The van der Waals surface area contributed by atoms with Crippen LogP contribution in [-0.4, -0.2) is 26.1 Å². The molecule has 1 fully saturated rings. The zero-order valence-corrected chi connectivity index (χ0v) is 13.2. The number of hydrogen-bond donors (Lipinski definition) is 2. The number of carbonyl (C=O) groups excluding carboxylic acids is 1. The fourth-order valence-corrected chi connectivity index (χ4v) is 3.17. The molecule has 0 spiro atoms. The molecule has 0 bridgehead atoms. The summed E-state index contributed by atoms with van der Waals surface area (Å²) in [5.41, 5.74) is 1.12. The summed E-state index contributed by atoms with van der Waals surface area (Å²) in [6.45, 7) is 6.91. The summed E-state index contributed by atoms with van der Waals surface area (Å²) >= 11 is 1.59. The summed E-state index contributed by atoms with van der Waals surface area (Å²) in [5.74, 6) is 1.08. The van der Waals surface area contributed by atoms with Crippen molar-refractivity contribution >= 4 is 17.2 Å². The van der Waals surface area contributed by atoms with E-state index in [2.05, 4.69) is 51.6 Å². The molecule has 2 N–H and O–H groups in total. The van der Waals surface area contributed by atoms with E-state index in [1.165, 1.54) is 6.33 Å². The Morgan fingerprint density at radius 1 is 1.52 bits per heavy atom. The first-order chi connectivity index (χ1) is 9.95. The molecule has 21 heavy (non-hydrogen) atoms. The minimum atomic E-state index is 0.0139. The highest BCUT2D eigenvalue weighted by Crippen LogP contribution is 2.45. The lowest BCUT2D eigenvalue weighted by Gasteiger charge is -2.14. The van der Waals surface area contributed by atoms with Gasteiger partial charge in [-0.05, 0) is 6.42 Å². The van der Waals surface area contributed by atoms with Crippen molar-refractivity contribution in [1.82, 2.24) is 25.5 Å². The molecule has 0 radical (unpaired) electrons. The summed E-state index contributed by atoms with van der Waals surface area (Å²) in [4.78, 5) is 20.8. The molecular weight excluding hydrogens is 286 g/mol. The molecule has 1 aliphatic rings. The van der Waals surface area contributed by atoms with E-state index < -0.39 is 0 Å². The van der Waals surface area contributed by atoms with Crippen molar-refractivity contribution in [2.75, 3.05) is 0 Å². The third-order valence-corrected chi connectivity index (χ3v) is 4.49. The van der Waals surface area contributed by atoms with Gasteiger partial charge in [-0.25, -0.2) is 9.97 Å². The zero-order valence-electron chi connectivity index (χ0n) is 12.4. The van der Waals surface area contributed by atoms with Gasteiger partial charge in [-0.1, -0.05) is 20.8 Å². The van der Waals surface area contributed by atoms with Crippen LogP contribution >= 0.6 is 11.3 Å². The predicted octanol–water partition coefficient (Wildman–Crippen LogP) is 1.98. The molecule has 3 rings (SSSR count). The van der Waals surface area contributed by atoms with Gasteiger partial charge in [0.15, 0.2) is 0 Å². The van der Waals surface area contributed by atoms with Gasteiger partial charge in [0, 0.05) is 22.6 Å². The number of nitrogens with zero attached hydrogens (tertiary/aromatic N) is 3. The highest BCUT2D eigenvalue weighted by Gasteiger charge is 2.45. The Hall–Kier alpha value is -1.76. The van der Waals surface area contributed by atoms with E-state index >= 15 is 0 Å². The van der Waals surface area contributed by atoms with Crippen LogP contribution < -0.4 is 5.32 Å². The Balaban J connectivity index is 1.52. The van der Waals surface area contributed by atoms with E-state index in [0.717, 1.165) is 22.9 Å². The number of nitrogens with one attached hydrogen (secondary N) is 2. The molecule has 2 heterocycles. The quantitative estimate of drug-likeness (QED) is 0.904. The number of thiazole rings is 1. The zero-order chi connectivity index (χ0) is 15.0. The molecule has 6 nitrogen and oxygen atoms in total. The van der Waals surface area contributed by atoms with Crippen molar-refractivity contribution in [3.63, 3.8) is 0 Å². The van der Waals surface area contributed by atoms with Gasteiger partial charge in [0.05, 0.1) is 12.2 Å². The summed E-state index contributed by atoms with van der Waals surface area (Å²) in [6, 6.07) is 0. The van der Waals surface area contributed by atoms with Gasteiger partial charge in [-0.15, -0.1) is 11.3 Å². The Kier molecular flexibility index (Phi) is 3.52. The van der Waals surface area contributed by atoms with Gasteiger partial charge < -0.3 is 5.32 Å². The third-order valence-electron chi connectivity index (χ3n) is 3.65. The maximum absolute atomic E-state index is 12.1. The lowest BCUT2D eigenvalue weighted by atomic mass is 9.93. The van der Waals surface area contributed by atoms with Crippen molar-refractivity contribution in [3.05, 3.63) is 28.2 Å². The lowest BCUT2D eigenvalue weighted by Crippen LogP contribution is -2.25. The van der Waals surface area contributed by atoms with Crippen LogP contribution in [0, 0.1) is 5.92 Å². The molecule has 2 aromatic rings. The van der Waals surface area contributed by atoms with Gasteiger partial charge in [0.2, 0.25) is 5.91 Å². The Morgan fingerprint density at radius 3 is 2.95 bits per heavy atom. The summed E-state index contributed by atoms with van der Waals surface area (Å²) in [6.07, 6.45) is 2.32. The minimum Gasteiger partial charge on any atom is -0.349 e. The Bertz CT molecular complexity index is 628. The van der Waals surface area contributed by atoms with Gasteiger partial charge in [-0.3, -0.25) is 9.89 Å². The third kappa shape index (κ3) is 3.12. The molecule has 7 heteroatoms. The van der Waals surface area contributed by atoms with Crippen LogP contribution in [0.3, 0.4) is 0 Å². The van der Waals surface area contributed by atoms with E-state index in [-0.39, 0.29) is 23.2 Å². The van der Waals surface area contributed by atoms with E-state index in [0.29, 0.717) is 6.54 Å². The van der Waals surface area contributed by atoms with Crippen LogP contribution in [-0.2, 0) is 16.8 Å². The number of H-pyrrole nitrogens is 1. The van der Waals surface area contributed by atoms with Crippen molar-refractivity contribution < 1.29 is 4.79 Å². The minimum absolute atomic E-state index is 0.0139. The van der Waals surface area contributed by atoms with Gasteiger partial charge >= 0.3 is 0 Å². The molecule has 2 aromatic heterocycles. The van der Waals surface area contributed by atoms with Crippen molar-refractivity contribution in [2.45, 2.75) is 45.1 Å². The summed E-state index contributed by atoms with van der Waals surface area (Å²) in [5, 5.41) is 12.6. The number of aromatic amines is 1. The van der Waals surface area contributed by atoms with Crippen LogP contribution in [0.2, 0.25) is 0 Å². The lowest BCUT2D eigenvalue weighted by molar-refractivity contribution is -0.122. The molecule has 1 aliphatic carbocycles. The second kappa shape index (κ2) is 5.22. The average molecular weight is 305 g/mol. The first kappa shape index (κ1) is 14.2. The van der Waals surface area contributed by atoms with Crippen LogP contribution in [0.1, 0.15) is 49.6 Å². The van der Waals surface area contributed by atoms with Gasteiger partial charge in [0.1, 0.15) is 17.2 Å². The summed E-state index contributed by atoms with van der Waals surface area (Å²) in [7, 11) is 0. The van der Waals surface area contributed by atoms with Crippen LogP contribution in [0.25, 0.3) is 0 Å². The monoisotopic (exact) mass is 305 g/mol. The first-order valence-corrected chi connectivity index (χ1v) is 7.91. The van der Waals surface area contributed by atoms with Crippen molar-refractivity contribution in [1.29, 1.82) is 0 Å². The van der Waals surface area contributed by atoms with Crippen molar-refractivity contribution in [2.24, 2.45) is 5.92 Å². The molecule has 0 aliphatic heterocycles. The van der Waals surface area contributed by atoms with Gasteiger partial charge in [-0.2, -0.15) is 5.10 Å². The SMILES string of the molecule is CC(C)(C)c1csc(CNC(=O)C2CC2c2ncn[nH]2)n1. The van der Waals surface area contributed by atoms with Crippen LogP contribution in [0.5, 0.6) is 0 Å². The normalized spacial score (nSPS) is 21.3. The molecule has 0 aromatic carbocycles. The highest BCUT2D eigenvalue weighted by molar-refractivity contribution is 7.09. The Morgan fingerprint density at radius 2 is 2.33 bits per heavy atom. The number of amides is 1.